The Hall–Kier alpha value is -0.0900. The molecular weight excluding hydrogens is 206 g/mol. The molecule has 0 fully saturated rings. The van der Waals surface area contributed by atoms with Gasteiger partial charge in [-0.1, -0.05) is 11.6 Å². The molecule has 0 aliphatic heterocycles. The van der Waals surface area contributed by atoms with Gasteiger partial charge < -0.3 is 10.1 Å². The summed E-state index contributed by atoms with van der Waals surface area (Å²) < 4.78 is 5.87. The van der Waals surface area contributed by atoms with Gasteiger partial charge in [0.1, 0.15) is 0 Å². The number of thiophene rings is 1. The molecule has 0 aromatic carbocycles. The number of hydrogen-bond donors (Lipinski definition) is 1. The summed E-state index contributed by atoms with van der Waals surface area (Å²) in [6.07, 6.45) is 0.976. The van der Waals surface area contributed by atoms with Crippen molar-refractivity contribution >= 4 is 22.9 Å². The molecule has 1 aromatic heterocycles. The van der Waals surface area contributed by atoms with Crippen LogP contribution in [0.3, 0.4) is 0 Å². The summed E-state index contributed by atoms with van der Waals surface area (Å²) in [5.74, 6) is 0. The fourth-order valence-corrected chi connectivity index (χ4v) is 2.39. The zero-order chi connectivity index (χ0) is 9.68. The van der Waals surface area contributed by atoms with Gasteiger partial charge in [0.2, 0.25) is 0 Å². The summed E-state index contributed by atoms with van der Waals surface area (Å²) >= 11 is 7.47. The van der Waals surface area contributed by atoms with Crippen LogP contribution in [0.25, 0.3) is 0 Å². The van der Waals surface area contributed by atoms with E-state index in [-0.39, 0.29) is 0 Å². The molecule has 13 heavy (non-hydrogen) atoms. The first-order valence-electron chi connectivity index (χ1n) is 4.19. The van der Waals surface area contributed by atoms with E-state index < -0.39 is 0 Å². The van der Waals surface area contributed by atoms with Crippen molar-refractivity contribution < 1.29 is 4.74 Å². The first kappa shape index (κ1) is 11.0. The van der Waals surface area contributed by atoms with Gasteiger partial charge in [0.15, 0.2) is 0 Å². The second kappa shape index (κ2) is 5.60. The number of hydrogen-bond acceptors (Lipinski definition) is 3. The normalized spacial score (nSPS) is 13.2. The fourth-order valence-electron chi connectivity index (χ4n) is 1.18. The van der Waals surface area contributed by atoms with Gasteiger partial charge in [-0.3, -0.25) is 0 Å². The van der Waals surface area contributed by atoms with Crippen LogP contribution in [0.2, 0.25) is 4.34 Å². The molecule has 0 bridgehead atoms. The van der Waals surface area contributed by atoms with E-state index in [9.17, 15) is 0 Å². The summed E-state index contributed by atoms with van der Waals surface area (Å²) in [5.41, 5.74) is 0. The Kier molecular flexibility index (Phi) is 4.73. The molecule has 0 aliphatic carbocycles. The smallest absolute Gasteiger partial charge is 0.0931 e. The molecule has 1 atom stereocenters. The van der Waals surface area contributed by atoms with Gasteiger partial charge in [0.25, 0.3) is 0 Å². The lowest BCUT2D eigenvalue weighted by molar-refractivity contribution is 0.184. The second-order valence-electron chi connectivity index (χ2n) is 2.76. The Balaban J connectivity index is 2.56. The van der Waals surface area contributed by atoms with Crippen molar-refractivity contribution in [3.63, 3.8) is 0 Å². The van der Waals surface area contributed by atoms with E-state index in [4.69, 9.17) is 16.3 Å². The number of methoxy groups -OCH3 is 1. The highest BCUT2D eigenvalue weighted by Crippen LogP contribution is 2.28. The second-order valence-corrected chi connectivity index (χ2v) is 4.51. The topological polar surface area (TPSA) is 21.3 Å². The fraction of sp³-hybridized carbons (Fsp3) is 0.556. The van der Waals surface area contributed by atoms with Crippen LogP contribution >= 0.6 is 22.9 Å². The number of nitrogens with one attached hydrogen (secondary N) is 1. The zero-order valence-electron chi connectivity index (χ0n) is 7.84. The molecule has 4 heteroatoms. The molecule has 0 amide bonds. The van der Waals surface area contributed by atoms with Crippen molar-refractivity contribution in [1.29, 1.82) is 0 Å². The average Bonchev–Trinajstić information content (AvgIpc) is 2.54. The summed E-state index contributed by atoms with van der Waals surface area (Å²) in [5, 5.41) is 3.24. The van der Waals surface area contributed by atoms with E-state index >= 15 is 0 Å². The SMILES string of the molecule is CNC(CCOC)c1ccc(Cl)s1. The van der Waals surface area contributed by atoms with Crippen LogP contribution in [0.1, 0.15) is 17.3 Å². The molecule has 0 spiro atoms. The van der Waals surface area contributed by atoms with Crippen LogP contribution in [0.5, 0.6) is 0 Å². The lowest BCUT2D eigenvalue weighted by atomic mass is 10.2. The lowest BCUT2D eigenvalue weighted by Gasteiger charge is -2.13. The Morgan fingerprint density at radius 1 is 1.62 bits per heavy atom. The predicted molar refractivity (Wildman–Crippen MR) is 57.6 cm³/mol. The Bertz CT molecular complexity index is 252. The quantitative estimate of drug-likeness (QED) is 0.822. The highest BCUT2D eigenvalue weighted by Gasteiger charge is 2.10. The minimum Gasteiger partial charge on any atom is -0.385 e. The number of ether oxygens (including phenoxy) is 1. The largest absolute Gasteiger partial charge is 0.385 e. The van der Waals surface area contributed by atoms with E-state index in [2.05, 4.69) is 11.4 Å². The van der Waals surface area contributed by atoms with E-state index in [1.807, 2.05) is 13.1 Å². The van der Waals surface area contributed by atoms with Gasteiger partial charge in [-0.2, -0.15) is 0 Å². The summed E-state index contributed by atoms with van der Waals surface area (Å²) in [4.78, 5) is 1.27. The van der Waals surface area contributed by atoms with Crippen LogP contribution in [0.4, 0.5) is 0 Å². The highest BCUT2D eigenvalue weighted by atomic mass is 35.5. The van der Waals surface area contributed by atoms with Crippen molar-refractivity contribution in [1.82, 2.24) is 5.32 Å². The van der Waals surface area contributed by atoms with Gasteiger partial charge in [0.05, 0.1) is 4.34 Å². The van der Waals surface area contributed by atoms with E-state index in [0.29, 0.717) is 6.04 Å². The maximum atomic E-state index is 5.85. The molecule has 1 aromatic rings. The van der Waals surface area contributed by atoms with E-state index in [1.54, 1.807) is 18.4 Å². The molecule has 0 aliphatic rings. The van der Waals surface area contributed by atoms with Crippen molar-refractivity contribution in [2.75, 3.05) is 20.8 Å². The Morgan fingerprint density at radius 3 is 2.85 bits per heavy atom. The van der Waals surface area contributed by atoms with Crippen molar-refractivity contribution in [2.45, 2.75) is 12.5 Å². The summed E-state index contributed by atoms with van der Waals surface area (Å²) in [6.45, 7) is 0.765. The molecular formula is C9H14ClNOS. The van der Waals surface area contributed by atoms with Crippen LogP contribution < -0.4 is 5.32 Å². The zero-order valence-corrected chi connectivity index (χ0v) is 9.41. The van der Waals surface area contributed by atoms with E-state index in [0.717, 1.165) is 17.4 Å². The first-order chi connectivity index (χ1) is 6.27. The maximum absolute atomic E-state index is 5.85. The van der Waals surface area contributed by atoms with Crippen molar-refractivity contribution in [3.8, 4) is 0 Å². The third-order valence-electron chi connectivity index (χ3n) is 1.90. The number of halogens is 1. The standard InChI is InChI=1S/C9H14ClNOS/c1-11-7(5-6-12-2)8-3-4-9(10)13-8/h3-4,7,11H,5-6H2,1-2H3. The lowest BCUT2D eigenvalue weighted by Crippen LogP contribution is -2.16. The van der Waals surface area contributed by atoms with Crippen LogP contribution in [-0.2, 0) is 4.74 Å². The molecule has 1 unspecified atom stereocenters. The van der Waals surface area contributed by atoms with Gasteiger partial charge in [-0.05, 0) is 25.6 Å². The van der Waals surface area contributed by atoms with Gasteiger partial charge in [-0.15, -0.1) is 11.3 Å². The molecule has 74 valence electrons. The Morgan fingerprint density at radius 2 is 2.38 bits per heavy atom. The molecule has 0 saturated heterocycles. The average molecular weight is 220 g/mol. The van der Waals surface area contributed by atoms with Gasteiger partial charge >= 0.3 is 0 Å². The van der Waals surface area contributed by atoms with Gasteiger partial charge in [-0.25, -0.2) is 0 Å². The monoisotopic (exact) mass is 219 g/mol. The van der Waals surface area contributed by atoms with Crippen LogP contribution in [0.15, 0.2) is 12.1 Å². The van der Waals surface area contributed by atoms with Crippen LogP contribution in [0, 0.1) is 0 Å². The summed E-state index contributed by atoms with van der Waals surface area (Å²) in [7, 11) is 3.67. The molecule has 1 N–H and O–H groups in total. The third-order valence-corrected chi connectivity index (χ3v) is 3.24. The van der Waals surface area contributed by atoms with Crippen molar-refractivity contribution in [2.24, 2.45) is 0 Å². The van der Waals surface area contributed by atoms with Gasteiger partial charge in [0, 0.05) is 24.6 Å². The maximum Gasteiger partial charge on any atom is 0.0931 e. The predicted octanol–water partition coefficient (Wildman–Crippen LogP) is 2.70. The first-order valence-corrected chi connectivity index (χ1v) is 5.38. The molecule has 1 rings (SSSR count). The minimum atomic E-state index is 0.359. The Labute approximate surface area is 87.9 Å². The molecule has 0 saturated carbocycles. The molecule has 1 heterocycles. The summed E-state index contributed by atoms with van der Waals surface area (Å²) in [6, 6.07) is 4.35. The molecule has 2 nitrogen and oxygen atoms in total. The number of rotatable bonds is 5. The highest BCUT2D eigenvalue weighted by molar-refractivity contribution is 7.16. The van der Waals surface area contributed by atoms with Crippen molar-refractivity contribution in [3.05, 3.63) is 21.3 Å². The minimum absolute atomic E-state index is 0.359. The third kappa shape index (κ3) is 3.27. The van der Waals surface area contributed by atoms with Crippen LogP contribution in [-0.4, -0.2) is 20.8 Å². The van der Waals surface area contributed by atoms with E-state index in [1.165, 1.54) is 4.88 Å². The molecule has 0 radical (unpaired) electrons.